The van der Waals surface area contributed by atoms with Gasteiger partial charge < -0.3 is 9.67 Å². The van der Waals surface area contributed by atoms with Crippen molar-refractivity contribution < 1.29 is 35.8 Å². The Kier molecular flexibility index (Phi) is 4.30. The highest BCUT2D eigenvalue weighted by molar-refractivity contribution is 5.47. The first-order valence-electron chi connectivity index (χ1n) is 7.32. The summed E-state index contributed by atoms with van der Waals surface area (Å²) in [4.78, 5) is 0. The Morgan fingerprint density at radius 3 is 2.48 bits per heavy atom. The molecule has 0 bridgehead atoms. The SMILES string of the molecule is O[C@@H]1c2c(C(F)(F)F)cn(-c3ccc(F)c(C(F)F)c3)c2CCC1F. The Hall–Kier alpha value is -2.03. The number of alkyl halides is 6. The monoisotopic (exact) mass is 367 g/mol. The molecule has 1 unspecified atom stereocenters. The van der Waals surface area contributed by atoms with E-state index in [1.165, 1.54) is 0 Å². The summed E-state index contributed by atoms with van der Waals surface area (Å²) < 4.78 is 93.5. The molecule has 2 aromatic rings. The zero-order valence-corrected chi connectivity index (χ0v) is 12.5. The quantitative estimate of drug-likeness (QED) is 0.752. The maximum Gasteiger partial charge on any atom is 0.418 e. The molecule has 3 rings (SSSR count). The van der Waals surface area contributed by atoms with Gasteiger partial charge in [-0.1, -0.05) is 0 Å². The molecule has 1 aromatic carbocycles. The fourth-order valence-corrected chi connectivity index (χ4v) is 3.06. The van der Waals surface area contributed by atoms with E-state index in [4.69, 9.17) is 0 Å². The van der Waals surface area contributed by atoms with Gasteiger partial charge in [-0.2, -0.15) is 13.2 Å². The molecule has 1 heterocycles. The Bertz CT molecular complexity index is 797. The molecule has 1 aliphatic carbocycles. The lowest BCUT2D eigenvalue weighted by Gasteiger charge is -2.25. The Morgan fingerprint density at radius 2 is 1.88 bits per heavy atom. The zero-order valence-electron chi connectivity index (χ0n) is 12.5. The van der Waals surface area contributed by atoms with Crippen LogP contribution in [0, 0.1) is 5.82 Å². The molecular weight excluding hydrogens is 355 g/mol. The molecule has 136 valence electrons. The predicted octanol–water partition coefficient (Wildman–Crippen LogP) is 4.89. The number of hydrogen-bond acceptors (Lipinski definition) is 1. The van der Waals surface area contributed by atoms with Crippen molar-refractivity contribution in [3.05, 3.63) is 52.6 Å². The number of halogens is 7. The number of rotatable bonds is 2. The lowest BCUT2D eigenvalue weighted by Crippen LogP contribution is -2.24. The van der Waals surface area contributed by atoms with E-state index in [0.717, 1.165) is 22.8 Å². The summed E-state index contributed by atoms with van der Waals surface area (Å²) >= 11 is 0. The second-order valence-electron chi connectivity index (χ2n) is 5.78. The van der Waals surface area contributed by atoms with Crippen LogP contribution in [0.2, 0.25) is 0 Å². The van der Waals surface area contributed by atoms with Gasteiger partial charge in [0, 0.05) is 23.1 Å². The number of nitrogens with zero attached hydrogens (tertiary/aromatic N) is 1. The summed E-state index contributed by atoms with van der Waals surface area (Å²) in [6.45, 7) is 0. The molecule has 1 N–H and O–H groups in total. The largest absolute Gasteiger partial charge is 0.418 e. The van der Waals surface area contributed by atoms with Crippen LogP contribution < -0.4 is 0 Å². The van der Waals surface area contributed by atoms with Crippen LogP contribution in [0.25, 0.3) is 5.69 Å². The van der Waals surface area contributed by atoms with Crippen LogP contribution in [0.1, 0.15) is 41.3 Å². The van der Waals surface area contributed by atoms with Crippen molar-refractivity contribution in [1.29, 1.82) is 0 Å². The van der Waals surface area contributed by atoms with Crippen LogP contribution in [0.3, 0.4) is 0 Å². The van der Waals surface area contributed by atoms with Gasteiger partial charge in [0.1, 0.15) is 18.1 Å². The summed E-state index contributed by atoms with van der Waals surface area (Å²) in [6.07, 6.45) is -11.5. The maximum absolute atomic E-state index is 13.7. The molecule has 0 radical (unpaired) electrons. The average molecular weight is 367 g/mol. The van der Waals surface area contributed by atoms with Crippen molar-refractivity contribution in [2.75, 3.05) is 0 Å². The minimum Gasteiger partial charge on any atom is -0.385 e. The molecule has 0 saturated heterocycles. The van der Waals surface area contributed by atoms with Crippen LogP contribution in [0.5, 0.6) is 0 Å². The molecule has 0 amide bonds. The van der Waals surface area contributed by atoms with Crippen molar-refractivity contribution in [3.8, 4) is 5.69 Å². The normalized spacial score (nSPS) is 20.8. The van der Waals surface area contributed by atoms with Crippen molar-refractivity contribution >= 4 is 0 Å². The molecule has 0 fully saturated rings. The zero-order chi connectivity index (χ0) is 18.5. The van der Waals surface area contributed by atoms with Crippen molar-refractivity contribution in [2.45, 2.75) is 37.7 Å². The van der Waals surface area contributed by atoms with Crippen molar-refractivity contribution in [1.82, 2.24) is 4.57 Å². The summed E-state index contributed by atoms with van der Waals surface area (Å²) in [7, 11) is 0. The number of benzene rings is 1. The first-order chi connectivity index (χ1) is 11.6. The third kappa shape index (κ3) is 3.01. The predicted molar refractivity (Wildman–Crippen MR) is 73.9 cm³/mol. The highest BCUT2D eigenvalue weighted by atomic mass is 19.4. The molecule has 0 aliphatic heterocycles. The van der Waals surface area contributed by atoms with Gasteiger partial charge in [0.2, 0.25) is 0 Å². The second kappa shape index (κ2) is 6.05. The molecule has 1 aromatic heterocycles. The van der Waals surface area contributed by atoms with E-state index in [9.17, 15) is 35.8 Å². The van der Waals surface area contributed by atoms with E-state index < -0.39 is 47.4 Å². The third-order valence-electron chi connectivity index (χ3n) is 4.24. The smallest absolute Gasteiger partial charge is 0.385 e. The minimum atomic E-state index is -4.86. The number of hydrogen-bond donors (Lipinski definition) is 1. The fourth-order valence-electron chi connectivity index (χ4n) is 3.06. The molecule has 2 nitrogen and oxygen atoms in total. The molecule has 9 heteroatoms. The number of aliphatic hydroxyl groups is 1. The van der Waals surface area contributed by atoms with Crippen LogP contribution in [-0.4, -0.2) is 15.8 Å². The Balaban J connectivity index is 2.22. The molecule has 2 atom stereocenters. The molecule has 1 aliphatic rings. The summed E-state index contributed by atoms with van der Waals surface area (Å²) in [5, 5.41) is 9.85. The fraction of sp³-hybridized carbons (Fsp3) is 0.375. The van der Waals surface area contributed by atoms with E-state index in [-0.39, 0.29) is 24.2 Å². The van der Waals surface area contributed by atoms with Gasteiger partial charge in [0.15, 0.2) is 0 Å². The van der Waals surface area contributed by atoms with Gasteiger partial charge in [-0.15, -0.1) is 0 Å². The van der Waals surface area contributed by atoms with Crippen LogP contribution >= 0.6 is 0 Å². The summed E-state index contributed by atoms with van der Waals surface area (Å²) in [6, 6.07) is 2.53. The maximum atomic E-state index is 13.7. The highest BCUT2D eigenvalue weighted by Gasteiger charge is 2.43. The molecule has 0 spiro atoms. The highest BCUT2D eigenvalue weighted by Crippen LogP contribution is 2.43. The second-order valence-corrected chi connectivity index (χ2v) is 5.78. The van der Waals surface area contributed by atoms with E-state index in [1.807, 2.05) is 0 Å². The topological polar surface area (TPSA) is 25.2 Å². The minimum absolute atomic E-state index is 0.0273. The lowest BCUT2D eigenvalue weighted by molar-refractivity contribution is -0.139. The van der Waals surface area contributed by atoms with Gasteiger partial charge in [-0.25, -0.2) is 17.6 Å². The van der Waals surface area contributed by atoms with E-state index >= 15 is 0 Å². The van der Waals surface area contributed by atoms with Crippen molar-refractivity contribution in [3.63, 3.8) is 0 Å². The van der Waals surface area contributed by atoms with E-state index in [0.29, 0.717) is 6.20 Å². The summed E-state index contributed by atoms with van der Waals surface area (Å²) in [5.74, 6) is -1.18. The number of aliphatic hydroxyl groups excluding tert-OH is 1. The van der Waals surface area contributed by atoms with Crippen LogP contribution in [0.4, 0.5) is 30.7 Å². The molecule has 25 heavy (non-hydrogen) atoms. The number of fused-ring (bicyclic) bond motifs is 1. The Morgan fingerprint density at radius 1 is 1.20 bits per heavy atom. The van der Waals surface area contributed by atoms with Gasteiger partial charge in [-0.05, 0) is 31.0 Å². The first kappa shape index (κ1) is 17.8. The standard InChI is InChI=1S/C16H12F7NO/c17-10-2-1-7(5-8(10)15(19)20)24-6-9(16(21,22)23)13-12(24)4-3-11(18)14(13)25/h1-2,5-6,11,14-15,25H,3-4H2/t11?,14-/m0/s1. The number of aromatic nitrogens is 1. The van der Waals surface area contributed by atoms with Gasteiger partial charge in [-0.3, -0.25) is 0 Å². The van der Waals surface area contributed by atoms with Gasteiger partial charge in [0.05, 0.1) is 11.1 Å². The van der Waals surface area contributed by atoms with Crippen LogP contribution in [0.15, 0.2) is 24.4 Å². The lowest BCUT2D eigenvalue weighted by atomic mass is 9.90. The average Bonchev–Trinajstić information content (AvgIpc) is 2.91. The van der Waals surface area contributed by atoms with Crippen molar-refractivity contribution in [2.24, 2.45) is 0 Å². The summed E-state index contributed by atoms with van der Waals surface area (Å²) in [5.41, 5.74) is -2.93. The Labute approximate surface area is 137 Å². The third-order valence-corrected chi connectivity index (χ3v) is 4.24. The van der Waals surface area contributed by atoms with Gasteiger partial charge >= 0.3 is 6.18 Å². The van der Waals surface area contributed by atoms with Crippen LogP contribution in [-0.2, 0) is 12.6 Å². The van der Waals surface area contributed by atoms with E-state index in [2.05, 4.69) is 0 Å². The van der Waals surface area contributed by atoms with E-state index in [1.54, 1.807) is 0 Å². The molecular formula is C16H12F7NO. The molecule has 0 saturated carbocycles. The first-order valence-corrected chi connectivity index (χ1v) is 7.32. The van der Waals surface area contributed by atoms with Gasteiger partial charge in [0.25, 0.3) is 6.43 Å².